The molecule has 0 saturated carbocycles. The van der Waals surface area contributed by atoms with Crippen molar-refractivity contribution < 1.29 is 9.59 Å². The van der Waals surface area contributed by atoms with Crippen molar-refractivity contribution in [2.24, 2.45) is 0 Å². The van der Waals surface area contributed by atoms with Gasteiger partial charge in [0.2, 0.25) is 5.91 Å². The van der Waals surface area contributed by atoms with Gasteiger partial charge >= 0.3 is 6.03 Å². The predicted molar refractivity (Wildman–Crippen MR) is 102 cm³/mol. The Kier molecular flexibility index (Phi) is 6.09. The van der Waals surface area contributed by atoms with Crippen LogP contribution < -0.4 is 10.6 Å². The molecule has 2 aromatic rings. The van der Waals surface area contributed by atoms with Gasteiger partial charge in [-0.3, -0.25) is 4.79 Å². The first-order valence-electron chi connectivity index (χ1n) is 8.21. The molecule has 2 heterocycles. The van der Waals surface area contributed by atoms with Gasteiger partial charge in [-0.2, -0.15) is 0 Å². The number of likely N-dealkylation sites (tertiary alicyclic amines) is 1. The number of carbonyl (C=O) groups is 2. The fourth-order valence-corrected chi connectivity index (χ4v) is 4.21. The average Bonchev–Trinajstić information content (AvgIpc) is 3.20. The van der Waals surface area contributed by atoms with Crippen LogP contribution in [0.15, 0.2) is 40.2 Å². The first-order chi connectivity index (χ1) is 12.1. The van der Waals surface area contributed by atoms with E-state index >= 15 is 0 Å². The van der Waals surface area contributed by atoms with Gasteiger partial charge in [-0.05, 0) is 45.6 Å². The van der Waals surface area contributed by atoms with Gasteiger partial charge in [0.15, 0.2) is 0 Å². The van der Waals surface area contributed by atoms with Gasteiger partial charge < -0.3 is 15.5 Å². The first-order valence-corrected chi connectivity index (χ1v) is 9.82. The summed E-state index contributed by atoms with van der Waals surface area (Å²) in [6.07, 6.45) is 1.60. The zero-order chi connectivity index (χ0) is 17.6. The summed E-state index contributed by atoms with van der Waals surface area (Å²) in [7, 11) is 0. The van der Waals surface area contributed by atoms with E-state index in [9.17, 15) is 9.59 Å². The number of thiophene rings is 1. The zero-order valence-electron chi connectivity index (χ0n) is 13.8. The maximum absolute atomic E-state index is 11.9. The molecule has 1 aromatic carbocycles. The minimum Gasteiger partial charge on any atom is -0.338 e. The van der Waals surface area contributed by atoms with Crippen LogP contribution in [-0.4, -0.2) is 23.4 Å². The molecule has 1 fully saturated rings. The summed E-state index contributed by atoms with van der Waals surface area (Å²) in [5.41, 5.74) is 2.12. The van der Waals surface area contributed by atoms with E-state index in [1.807, 2.05) is 41.3 Å². The van der Waals surface area contributed by atoms with Crippen molar-refractivity contribution in [2.45, 2.75) is 32.5 Å². The number of halogens is 1. The summed E-state index contributed by atoms with van der Waals surface area (Å²) in [6.45, 7) is 2.45. The highest BCUT2D eigenvalue weighted by Gasteiger charge is 2.19. The molecule has 2 N–H and O–H groups in total. The third-order valence-corrected chi connectivity index (χ3v) is 5.66. The molecule has 132 valence electrons. The fraction of sp³-hybridized carbons (Fsp3) is 0.333. The smallest absolute Gasteiger partial charge is 0.315 e. The van der Waals surface area contributed by atoms with Crippen molar-refractivity contribution in [1.82, 2.24) is 15.5 Å². The Hall–Kier alpha value is -1.86. The highest BCUT2D eigenvalue weighted by atomic mass is 79.9. The van der Waals surface area contributed by atoms with Gasteiger partial charge in [0.1, 0.15) is 0 Å². The monoisotopic (exact) mass is 421 g/mol. The van der Waals surface area contributed by atoms with Gasteiger partial charge in [-0.25, -0.2) is 4.79 Å². The summed E-state index contributed by atoms with van der Waals surface area (Å²) < 4.78 is 1.05. The Balaban J connectivity index is 1.46. The quantitative estimate of drug-likeness (QED) is 0.747. The Morgan fingerprint density at radius 2 is 1.96 bits per heavy atom. The molecule has 1 aliphatic heterocycles. The molecule has 1 aliphatic rings. The summed E-state index contributed by atoms with van der Waals surface area (Å²) in [6, 6.07) is 11.8. The molecular weight excluding hydrogens is 402 g/mol. The van der Waals surface area contributed by atoms with E-state index in [2.05, 4.69) is 26.6 Å². The summed E-state index contributed by atoms with van der Waals surface area (Å²) in [4.78, 5) is 26.6. The van der Waals surface area contributed by atoms with Crippen molar-refractivity contribution in [3.05, 3.63) is 56.2 Å². The van der Waals surface area contributed by atoms with Crippen LogP contribution in [0.5, 0.6) is 0 Å². The van der Waals surface area contributed by atoms with Crippen LogP contribution in [0.2, 0.25) is 0 Å². The van der Waals surface area contributed by atoms with Crippen molar-refractivity contribution in [1.29, 1.82) is 0 Å². The number of nitrogens with one attached hydrogen (secondary N) is 2. The first kappa shape index (κ1) is 17.9. The van der Waals surface area contributed by atoms with Crippen LogP contribution in [0.1, 0.15) is 28.8 Å². The molecule has 3 rings (SSSR count). The Morgan fingerprint density at radius 1 is 1.16 bits per heavy atom. The van der Waals surface area contributed by atoms with Gasteiger partial charge in [0, 0.05) is 30.9 Å². The Bertz CT molecular complexity index is 762. The second-order valence-electron chi connectivity index (χ2n) is 5.98. The van der Waals surface area contributed by atoms with E-state index in [1.165, 1.54) is 0 Å². The van der Waals surface area contributed by atoms with Gasteiger partial charge in [-0.15, -0.1) is 11.3 Å². The van der Waals surface area contributed by atoms with Crippen LogP contribution in [0, 0.1) is 0 Å². The third kappa shape index (κ3) is 5.31. The number of hydrogen-bond acceptors (Lipinski definition) is 3. The minimum absolute atomic E-state index is 0.190. The van der Waals surface area contributed by atoms with Gasteiger partial charge in [0.05, 0.1) is 10.3 Å². The largest absolute Gasteiger partial charge is 0.338 e. The number of nitrogens with zero attached hydrogens (tertiary/aromatic N) is 1. The lowest BCUT2D eigenvalue weighted by Crippen LogP contribution is -2.34. The second-order valence-corrected chi connectivity index (χ2v) is 8.53. The molecule has 0 spiro atoms. The summed E-state index contributed by atoms with van der Waals surface area (Å²) in [5.74, 6) is 0.225. The number of benzene rings is 1. The average molecular weight is 422 g/mol. The molecule has 1 aromatic heterocycles. The topological polar surface area (TPSA) is 61.4 Å². The normalized spacial score (nSPS) is 14.0. The molecule has 0 aliphatic carbocycles. The van der Waals surface area contributed by atoms with E-state index in [0.717, 1.165) is 32.8 Å². The summed E-state index contributed by atoms with van der Waals surface area (Å²) >= 11 is 5.01. The summed E-state index contributed by atoms with van der Waals surface area (Å²) in [5, 5.41) is 5.72. The molecule has 1 saturated heterocycles. The molecule has 3 amide bonds. The van der Waals surface area contributed by atoms with E-state index in [-0.39, 0.29) is 11.9 Å². The maximum Gasteiger partial charge on any atom is 0.315 e. The molecule has 0 atom stereocenters. The highest BCUT2D eigenvalue weighted by molar-refractivity contribution is 9.11. The lowest BCUT2D eigenvalue weighted by atomic mass is 10.1. The Labute approximate surface area is 159 Å². The lowest BCUT2D eigenvalue weighted by molar-refractivity contribution is -0.128. The van der Waals surface area contributed by atoms with Crippen LogP contribution >= 0.6 is 27.3 Å². The van der Waals surface area contributed by atoms with E-state index in [1.54, 1.807) is 11.3 Å². The number of hydrogen-bond donors (Lipinski definition) is 2. The van der Waals surface area contributed by atoms with E-state index < -0.39 is 0 Å². The molecule has 25 heavy (non-hydrogen) atoms. The minimum atomic E-state index is -0.190. The van der Waals surface area contributed by atoms with Gasteiger partial charge in [-0.1, -0.05) is 24.3 Å². The number of urea groups is 1. The molecule has 0 unspecified atom stereocenters. The van der Waals surface area contributed by atoms with Crippen LogP contribution in [0.25, 0.3) is 0 Å². The van der Waals surface area contributed by atoms with Crippen LogP contribution in [0.4, 0.5) is 4.79 Å². The molecular formula is C18H20BrN3O2S. The molecule has 7 heteroatoms. The van der Waals surface area contributed by atoms with Crippen molar-refractivity contribution >= 4 is 39.2 Å². The van der Waals surface area contributed by atoms with Crippen molar-refractivity contribution in [3.8, 4) is 0 Å². The number of carbonyl (C=O) groups excluding carboxylic acids is 2. The lowest BCUT2D eigenvalue weighted by Gasteiger charge is -2.16. The van der Waals surface area contributed by atoms with Crippen LogP contribution in [0.3, 0.4) is 0 Å². The maximum atomic E-state index is 11.9. The van der Waals surface area contributed by atoms with E-state index in [4.69, 9.17) is 0 Å². The molecule has 0 bridgehead atoms. The molecule has 0 radical (unpaired) electrons. The highest BCUT2D eigenvalue weighted by Crippen LogP contribution is 2.21. The van der Waals surface area contributed by atoms with Crippen LogP contribution in [-0.2, 0) is 24.4 Å². The van der Waals surface area contributed by atoms with Crippen molar-refractivity contribution in [2.75, 3.05) is 6.54 Å². The predicted octanol–water partition coefficient (Wildman–Crippen LogP) is 3.63. The fourth-order valence-electron chi connectivity index (χ4n) is 2.79. The number of amides is 3. The van der Waals surface area contributed by atoms with Crippen molar-refractivity contribution in [3.63, 3.8) is 0 Å². The van der Waals surface area contributed by atoms with Gasteiger partial charge in [0.25, 0.3) is 0 Å². The zero-order valence-corrected chi connectivity index (χ0v) is 16.2. The second kappa shape index (κ2) is 8.49. The SMILES string of the molecule is O=C(NCc1cccc(CN2CCCC2=O)c1)NCc1ccc(Br)s1. The third-order valence-electron chi connectivity index (χ3n) is 4.04. The number of rotatable bonds is 6. The van der Waals surface area contributed by atoms with E-state index in [0.29, 0.717) is 26.1 Å². The Morgan fingerprint density at radius 3 is 2.68 bits per heavy atom. The standard InChI is InChI=1S/C18H20BrN3O2S/c19-16-7-6-15(25-16)11-21-18(24)20-10-13-3-1-4-14(9-13)12-22-8-2-5-17(22)23/h1,3-4,6-7,9H,2,5,8,10-12H2,(H2,20,21,24). The molecule has 5 nitrogen and oxygen atoms in total.